The summed E-state index contributed by atoms with van der Waals surface area (Å²) in [5.74, 6) is -1.71. The van der Waals surface area contributed by atoms with Crippen LogP contribution >= 0.6 is 0 Å². The molecule has 23 heteroatoms. The van der Waals surface area contributed by atoms with E-state index in [0.717, 1.165) is 12.8 Å². The summed E-state index contributed by atoms with van der Waals surface area (Å²) < 4.78 is 20.1. The van der Waals surface area contributed by atoms with Gasteiger partial charge in [-0.1, -0.05) is 0 Å². The second-order valence-electron chi connectivity index (χ2n) is 14.1. The van der Waals surface area contributed by atoms with Gasteiger partial charge in [0, 0.05) is 15.7 Å². The zero-order chi connectivity index (χ0) is 45.4. The lowest BCUT2D eigenvalue weighted by Crippen LogP contribution is -2.39. The van der Waals surface area contributed by atoms with E-state index in [1.807, 2.05) is 0 Å². The molecule has 2 bridgehead atoms. The predicted molar refractivity (Wildman–Crippen MR) is 205 cm³/mol. The van der Waals surface area contributed by atoms with Crippen LogP contribution in [-0.4, -0.2) is 238 Å². The third kappa shape index (κ3) is 30.2. The highest BCUT2D eigenvalue weighted by molar-refractivity contribution is 5.79. The minimum absolute atomic E-state index is 0. The number of aliphatic hydroxyl groups is 17. The minimum atomic E-state index is -1.40. The number of hydrogen-bond donors (Lipinski definition) is 17. The van der Waals surface area contributed by atoms with Crippen LogP contribution in [0.15, 0.2) is 0 Å². The van der Waals surface area contributed by atoms with Crippen LogP contribution in [0.3, 0.4) is 0 Å². The molecule has 13 atom stereocenters. The van der Waals surface area contributed by atoms with Gasteiger partial charge in [-0.2, -0.15) is 0 Å². The van der Waals surface area contributed by atoms with Gasteiger partial charge in [0.05, 0.1) is 95.6 Å². The van der Waals surface area contributed by atoms with Crippen LogP contribution in [-0.2, 0) is 28.5 Å². The Morgan fingerprint density at radius 1 is 0.661 bits per heavy atom. The molecule has 0 radical (unpaired) electrons. The van der Waals surface area contributed by atoms with Crippen molar-refractivity contribution in [2.45, 2.75) is 156 Å². The van der Waals surface area contributed by atoms with Crippen LogP contribution in [0, 0.1) is 0 Å². The monoisotopic (exact) mass is 876 g/mol. The summed E-state index contributed by atoms with van der Waals surface area (Å²) in [6.45, 7) is -1.66. The first-order valence-electron chi connectivity index (χ1n) is 19.5. The van der Waals surface area contributed by atoms with Gasteiger partial charge in [0.15, 0.2) is 24.2 Å². The predicted octanol–water partition coefficient (Wildman–Crippen LogP) is -6.12. The van der Waals surface area contributed by atoms with E-state index in [0.29, 0.717) is 51.4 Å². The summed E-state index contributed by atoms with van der Waals surface area (Å²) in [6.07, 6.45) is -1.49. The number of ether oxygens (including phenoxy) is 4. The van der Waals surface area contributed by atoms with Crippen molar-refractivity contribution in [1.82, 2.24) is 0 Å². The fourth-order valence-electron chi connectivity index (χ4n) is 4.95. The molecule has 17 N–H and O–H groups in total. The Bertz CT molecular complexity index is 999. The molecule has 0 spiro atoms. The van der Waals surface area contributed by atoms with Gasteiger partial charge in [0.2, 0.25) is 0 Å². The maximum atomic E-state index is 10.4. The molecule has 0 saturated carbocycles. The average molecular weight is 877 g/mol. The molecule has 0 aromatic carbocycles. The van der Waals surface area contributed by atoms with Crippen molar-refractivity contribution in [3.8, 4) is 0 Å². The Morgan fingerprint density at radius 2 is 1.17 bits per heavy atom. The van der Waals surface area contributed by atoms with Gasteiger partial charge in [-0.05, 0) is 64.2 Å². The lowest BCUT2D eigenvalue weighted by atomic mass is 10.1. The van der Waals surface area contributed by atoms with Crippen molar-refractivity contribution in [1.29, 1.82) is 0 Å². The molecule has 0 aliphatic carbocycles. The average Bonchev–Trinajstić information content (AvgIpc) is 3.87. The summed E-state index contributed by atoms with van der Waals surface area (Å²) in [5, 5.41) is 147. The van der Waals surface area contributed by atoms with Gasteiger partial charge >= 0.3 is 0 Å². The van der Waals surface area contributed by atoms with Gasteiger partial charge < -0.3 is 111 Å². The molecule has 0 aromatic rings. The number of carbonyl (C=O) groups excluding carboxylic acids is 2. The van der Waals surface area contributed by atoms with E-state index >= 15 is 0 Å². The van der Waals surface area contributed by atoms with Crippen molar-refractivity contribution in [2.75, 3.05) is 59.5 Å². The van der Waals surface area contributed by atoms with E-state index in [2.05, 4.69) is 0 Å². The summed E-state index contributed by atoms with van der Waals surface area (Å²) in [5.41, 5.74) is 0. The van der Waals surface area contributed by atoms with Crippen LogP contribution in [0.5, 0.6) is 0 Å². The number of aliphatic hydroxyl groups excluding tert-OH is 16. The van der Waals surface area contributed by atoms with E-state index < -0.39 is 61.9 Å². The lowest BCUT2D eigenvalue weighted by molar-refractivity contribution is -0.221. The van der Waals surface area contributed by atoms with E-state index in [9.17, 15) is 14.7 Å². The Labute approximate surface area is 346 Å². The maximum Gasteiger partial charge on any atom is 0.189 e. The fraction of sp³-hybridized carbons (Fsp3) is 0.944. The van der Waals surface area contributed by atoms with Crippen molar-refractivity contribution in [3.05, 3.63) is 0 Å². The van der Waals surface area contributed by atoms with Gasteiger partial charge in [-0.25, -0.2) is 0 Å². The highest BCUT2D eigenvalue weighted by Gasteiger charge is 2.37. The minimum Gasteiger partial charge on any atom is -0.394 e. The molecule has 4 aliphatic rings. The molecule has 59 heavy (non-hydrogen) atoms. The Morgan fingerprint density at radius 3 is 1.58 bits per heavy atom. The first kappa shape index (κ1) is 59.6. The van der Waals surface area contributed by atoms with Crippen LogP contribution in [0.25, 0.3) is 0 Å². The van der Waals surface area contributed by atoms with Crippen molar-refractivity contribution < 1.29 is 118 Å². The summed E-state index contributed by atoms with van der Waals surface area (Å²) in [4.78, 5) is 20.2. The quantitative estimate of drug-likeness (QED) is 0.0570. The summed E-state index contributed by atoms with van der Waals surface area (Å²) in [6, 6.07) is 0. The van der Waals surface area contributed by atoms with Crippen LogP contribution in [0.4, 0.5) is 0 Å². The molecule has 4 rings (SSSR count). The Hall–Kier alpha value is -1.50. The molecule has 4 saturated heterocycles. The zero-order valence-corrected chi connectivity index (χ0v) is 33.4. The largest absolute Gasteiger partial charge is 0.394 e. The highest BCUT2D eigenvalue weighted by Crippen LogP contribution is 2.27. The number of aldehydes is 1. The number of fused-ring (bicyclic) bond motifs is 2. The highest BCUT2D eigenvalue weighted by atomic mass is 16.7. The number of ketones is 1. The second kappa shape index (κ2) is 36.0. The fourth-order valence-corrected chi connectivity index (χ4v) is 4.95. The first-order chi connectivity index (χ1) is 27.9. The molecule has 4 fully saturated rings. The standard InChI is InChI=1S/2C6H12O4.C6H14O4.2C6H12O4.C6H10O3.2H2/c7-3-5-1-2-6(9,4-8)10-5;7-3-4-1-2-5(8)6(9)10-4;3*7-3-5(9)1-2-6(10)4-8;7-5-2-1-4-3-8-6(5)9-4;;/h5,7-9H,1-4H2;4-9H,1-3H2;5-10H,1-4H2;5,7-9H,1-4H2;3,5-6,8-10H,1-2,4H2;4-7H,1-3H2;2*1H/t;4-,5?,6?;;;;4-,5?,6+;;/m.0...0../s1. The second-order valence-corrected chi connectivity index (χ2v) is 14.1. The topological polar surface area (TPSA) is 415 Å². The van der Waals surface area contributed by atoms with Crippen LogP contribution in [0.1, 0.15) is 79.9 Å². The third-order valence-corrected chi connectivity index (χ3v) is 8.78. The number of Topliss-reactive ketones (excluding diaryl/α,β-unsaturated/α-hetero) is 1. The maximum absolute atomic E-state index is 10.4. The molecule has 4 aliphatic heterocycles. The number of hydrogen-bond acceptors (Lipinski definition) is 23. The Balaban J connectivity index is -0.000000317. The molecule has 358 valence electrons. The van der Waals surface area contributed by atoms with Crippen molar-refractivity contribution >= 4 is 12.1 Å². The normalized spacial score (nSPS) is 29.3. The smallest absolute Gasteiger partial charge is 0.189 e. The van der Waals surface area contributed by atoms with Gasteiger partial charge in [-0.15, -0.1) is 0 Å². The molecule has 4 heterocycles. The first-order valence-corrected chi connectivity index (χ1v) is 19.5. The molecule has 0 amide bonds. The van der Waals surface area contributed by atoms with Crippen LogP contribution in [0.2, 0.25) is 0 Å². The van der Waals surface area contributed by atoms with Crippen molar-refractivity contribution in [3.63, 3.8) is 0 Å². The third-order valence-electron chi connectivity index (χ3n) is 8.78. The number of rotatable bonds is 18. The van der Waals surface area contributed by atoms with E-state index in [1.54, 1.807) is 0 Å². The molecule has 0 aromatic heterocycles. The van der Waals surface area contributed by atoms with E-state index in [-0.39, 0.29) is 105 Å². The van der Waals surface area contributed by atoms with Crippen LogP contribution < -0.4 is 0 Å². The van der Waals surface area contributed by atoms with Crippen molar-refractivity contribution in [2.24, 2.45) is 0 Å². The van der Waals surface area contributed by atoms with E-state index in [4.69, 9.17) is 101 Å². The molecular formula is C36H76O23. The van der Waals surface area contributed by atoms with E-state index in [1.165, 1.54) is 0 Å². The number of carbonyl (C=O) groups is 2. The summed E-state index contributed by atoms with van der Waals surface area (Å²) in [7, 11) is 0. The molecular weight excluding hydrogens is 800 g/mol. The Kier molecular flexibility index (Phi) is 36.4. The molecule has 23 nitrogen and oxygen atoms in total. The SMILES string of the molecule is O=C(CO)CCC(O)CO.O=CC(O)CCC(O)CO.OC1CC[C@H]2CO[C@@H]1O2.OCC(O)CCC(O)CO.OCC1CCC(O)(CO)O1.OC[C@@H]1CCC(O)C(O)O1.[HH].[HH]. The van der Waals surface area contributed by atoms with Gasteiger partial charge in [0.1, 0.15) is 31.2 Å². The summed E-state index contributed by atoms with van der Waals surface area (Å²) >= 11 is 0. The van der Waals surface area contributed by atoms with Gasteiger partial charge in [0.25, 0.3) is 0 Å². The zero-order valence-electron chi connectivity index (χ0n) is 33.4. The lowest BCUT2D eigenvalue weighted by Gasteiger charge is -2.29. The van der Waals surface area contributed by atoms with Gasteiger partial charge in [-0.3, -0.25) is 4.79 Å². The molecule has 10 unspecified atom stereocenters.